The number of hydrogen-bond donors (Lipinski definition) is 0. The number of ketones is 1. The molecule has 4 saturated heterocycles. The molecule has 0 aromatic rings. The smallest absolute Gasteiger partial charge is 0.147 e. The number of Topliss-reactive ketones (excluding diaryl/α,β-unsaturated/α-hetero) is 1. The number of carbonyl (C=O) groups is 1. The van der Waals surface area contributed by atoms with Crippen LogP contribution in [0.4, 0.5) is 0 Å². The average molecular weight is 234 g/mol. The van der Waals surface area contributed by atoms with Gasteiger partial charge in [-0.25, -0.2) is 0 Å². The molecule has 0 amide bonds. The van der Waals surface area contributed by atoms with Crippen molar-refractivity contribution in [3.63, 3.8) is 0 Å². The third-order valence-electron chi connectivity index (χ3n) is 5.70. The van der Waals surface area contributed by atoms with Gasteiger partial charge in [-0.15, -0.1) is 0 Å². The highest BCUT2D eigenvalue weighted by Crippen LogP contribution is 2.48. The van der Waals surface area contributed by atoms with Crippen molar-refractivity contribution in [3.8, 4) is 0 Å². The molecule has 4 heterocycles. The van der Waals surface area contributed by atoms with Crippen LogP contribution in [0.15, 0.2) is 0 Å². The van der Waals surface area contributed by atoms with Gasteiger partial charge < -0.3 is 9.80 Å². The van der Waals surface area contributed by atoms with E-state index >= 15 is 0 Å². The number of hydrogen-bond acceptors (Lipinski definition) is 3. The summed E-state index contributed by atoms with van der Waals surface area (Å²) in [7, 11) is 0. The molecule has 0 N–H and O–H groups in total. The molecule has 3 nitrogen and oxygen atoms in total. The maximum atomic E-state index is 12.8. The Kier molecular flexibility index (Phi) is 2.19. The fourth-order valence-corrected chi connectivity index (χ4v) is 4.95. The molecule has 5 aliphatic rings. The van der Waals surface area contributed by atoms with Gasteiger partial charge in [0.2, 0.25) is 0 Å². The normalized spacial score (nSPS) is 49.9. The van der Waals surface area contributed by atoms with Gasteiger partial charge >= 0.3 is 0 Å². The third-order valence-corrected chi connectivity index (χ3v) is 5.70. The molecule has 4 aliphatic heterocycles. The molecule has 5 fully saturated rings. The molecule has 0 aromatic carbocycles. The van der Waals surface area contributed by atoms with Crippen LogP contribution in [0.1, 0.15) is 25.7 Å². The van der Waals surface area contributed by atoms with Crippen molar-refractivity contribution in [2.75, 3.05) is 39.3 Å². The molecular weight excluding hydrogens is 212 g/mol. The van der Waals surface area contributed by atoms with Crippen LogP contribution in [0.5, 0.6) is 0 Å². The summed E-state index contributed by atoms with van der Waals surface area (Å²) >= 11 is 0. The van der Waals surface area contributed by atoms with E-state index in [1.54, 1.807) is 0 Å². The molecule has 4 bridgehead atoms. The fraction of sp³-hybridized carbons (Fsp3) is 0.929. The van der Waals surface area contributed by atoms with Crippen LogP contribution < -0.4 is 0 Å². The van der Waals surface area contributed by atoms with Gasteiger partial charge in [0.05, 0.1) is 5.41 Å². The van der Waals surface area contributed by atoms with Crippen molar-refractivity contribution in [1.82, 2.24) is 9.80 Å². The van der Waals surface area contributed by atoms with Crippen LogP contribution in [-0.2, 0) is 4.79 Å². The third kappa shape index (κ3) is 1.39. The Labute approximate surface area is 103 Å². The lowest BCUT2D eigenvalue weighted by Gasteiger charge is -2.51. The predicted octanol–water partition coefficient (Wildman–Crippen LogP) is 0.993. The van der Waals surface area contributed by atoms with E-state index in [4.69, 9.17) is 0 Å². The second kappa shape index (κ2) is 3.55. The van der Waals surface area contributed by atoms with E-state index in [0.29, 0.717) is 17.6 Å². The molecule has 94 valence electrons. The van der Waals surface area contributed by atoms with Crippen LogP contribution in [0.3, 0.4) is 0 Å². The topological polar surface area (TPSA) is 23.6 Å². The van der Waals surface area contributed by atoms with E-state index in [1.165, 1.54) is 38.8 Å². The quantitative estimate of drug-likeness (QED) is 0.676. The lowest BCUT2D eigenvalue weighted by atomic mass is 9.63. The first-order valence-electron chi connectivity index (χ1n) is 7.27. The molecule has 3 heteroatoms. The summed E-state index contributed by atoms with van der Waals surface area (Å²) in [5.41, 5.74) is 0.0359. The lowest BCUT2D eigenvalue weighted by molar-refractivity contribution is -0.149. The van der Waals surface area contributed by atoms with Crippen LogP contribution >= 0.6 is 0 Å². The Morgan fingerprint density at radius 2 is 1.59 bits per heavy atom. The lowest BCUT2D eigenvalue weighted by Crippen LogP contribution is -2.63. The SMILES string of the molecule is O=C1C2CN3CCN(C2)CC1(C1CCCC1)C3. The Morgan fingerprint density at radius 1 is 1.00 bits per heavy atom. The number of rotatable bonds is 1. The second-order valence-electron chi connectivity index (χ2n) is 6.67. The maximum absolute atomic E-state index is 12.8. The van der Waals surface area contributed by atoms with Gasteiger partial charge in [-0.1, -0.05) is 12.8 Å². The first-order valence-corrected chi connectivity index (χ1v) is 7.27. The summed E-state index contributed by atoms with van der Waals surface area (Å²) in [5, 5.41) is 0. The van der Waals surface area contributed by atoms with Crippen molar-refractivity contribution in [2.24, 2.45) is 17.3 Å². The van der Waals surface area contributed by atoms with Crippen LogP contribution in [0.2, 0.25) is 0 Å². The Hall–Kier alpha value is -0.410. The van der Waals surface area contributed by atoms with E-state index in [0.717, 1.165) is 26.2 Å². The van der Waals surface area contributed by atoms with E-state index < -0.39 is 0 Å². The van der Waals surface area contributed by atoms with Crippen LogP contribution in [0, 0.1) is 17.3 Å². The molecule has 5 rings (SSSR count). The zero-order valence-corrected chi connectivity index (χ0v) is 10.5. The van der Waals surface area contributed by atoms with Gasteiger partial charge in [-0.2, -0.15) is 0 Å². The Morgan fingerprint density at radius 3 is 2.18 bits per heavy atom. The first kappa shape index (κ1) is 10.5. The monoisotopic (exact) mass is 234 g/mol. The Balaban J connectivity index is 1.74. The molecule has 2 unspecified atom stereocenters. The number of fused-ring (bicyclic) bond motifs is 1. The summed E-state index contributed by atoms with van der Waals surface area (Å²) in [4.78, 5) is 17.9. The Bertz CT molecular complexity index is 332. The van der Waals surface area contributed by atoms with E-state index in [9.17, 15) is 4.79 Å². The molecule has 17 heavy (non-hydrogen) atoms. The highest BCUT2D eigenvalue weighted by Gasteiger charge is 2.57. The number of piperidine rings is 2. The zero-order valence-electron chi connectivity index (χ0n) is 10.5. The molecule has 0 radical (unpaired) electrons. The summed E-state index contributed by atoms with van der Waals surface area (Å²) in [6.07, 6.45) is 5.31. The molecule has 1 aliphatic carbocycles. The molecule has 0 spiro atoms. The summed E-state index contributed by atoms with van der Waals surface area (Å²) in [6, 6.07) is 0. The molecular formula is C14H22N2O. The summed E-state index contributed by atoms with van der Waals surface area (Å²) < 4.78 is 0. The van der Waals surface area contributed by atoms with Crippen LogP contribution in [-0.4, -0.2) is 54.9 Å². The van der Waals surface area contributed by atoms with Crippen molar-refractivity contribution in [3.05, 3.63) is 0 Å². The predicted molar refractivity (Wildman–Crippen MR) is 65.8 cm³/mol. The highest BCUT2D eigenvalue weighted by atomic mass is 16.1. The largest absolute Gasteiger partial charge is 0.300 e. The van der Waals surface area contributed by atoms with Gasteiger partial charge in [0.1, 0.15) is 5.78 Å². The van der Waals surface area contributed by atoms with Gasteiger partial charge in [-0.3, -0.25) is 4.79 Å². The van der Waals surface area contributed by atoms with Gasteiger partial charge in [0, 0.05) is 45.2 Å². The van der Waals surface area contributed by atoms with Crippen molar-refractivity contribution in [1.29, 1.82) is 0 Å². The second-order valence-corrected chi connectivity index (χ2v) is 6.67. The van der Waals surface area contributed by atoms with Gasteiger partial charge in [-0.05, 0) is 18.8 Å². The highest BCUT2D eigenvalue weighted by molar-refractivity contribution is 5.90. The van der Waals surface area contributed by atoms with E-state index in [-0.39, 0.29) is 5.41 Å². The summed E-state index contributed by atoms with van der Waals surface area (Å²) in [5.74, 6) is 1.67. The van der Waals surface area contributed by atoms with E-state index in [2.05, 4.69) is 9.80 Å². The molecule has 0 aromatic heterocycles. The minimum atomic E-state index is 0.0359. The van der Waals surface area contributed by atoms with Gasteiger partial charge in [0.15, 0.2) is 0 Å². The minimum Gasteiger partial charge on any atom is -0.300 e. The molecule has 1 saturated carbocycles. The van der Waals surface area contributed by atoms with Crippen LogP contribution in [0.25, 0.3) is 0 Å². The minimum absolute atomic E-state index is 0.0359. The standard InChI is InChI=1S/C14H22N2O/c17-13-11-7-15-5-6-16(8-11)10-14(13,9-15)12-3-1-2-4-12/h11-12H,1-10H2. The van der Waals surface area contributed by atoms with Crippen molar-refractivity contribution in [2.45, 2.75) is 25.7 Å². The number of nitrogens with zero attached hydrogens (tertiary/aromatic N) is 2. The van der Waals surface area contributed by atoms with Crippen molar-refractivity contribution < 1.29 is 4.79 Å². The van der Waals surface area contributed by atoms with E-state index in [1.807, 2.05) is 0 Å². The number of carbonyl (C=O) groups excluding carboxylic acids is 1. The zero-order chi connectivity index (χ0) is 11.5. The van der Waals surface area contributed by atoms with Gasteiger partial charge in [0.25, 0.3) is 0 Å². The summed E-state index contributed by atoms with van der Waals surface area (Å²) in [6.45, 7) is 6.62. The average Bonchev–Trinajstić information content (AvgIpc) is 2.72. The first-order chi connectivity index (χ1) is 8.28. The molecule has 2 atom stereocenters. The fourth-order valence-electron chi connectivity index (χ4n) is 4.95. The maximum Gasteiger partial charge on any atom is 0.147 e. The van der Waals surface area contributed by atoms with Crippen molar-refractivity contribution >= 4 is 5.78 Å².